The van der Waals surface area contributed by atoms with E-state index in [4.69, 9.17) is 19.9 Å². The first kappa shape index (κ1) is 42.1. The highest BCUT2D eigenvalue weighted by Gasteiger charge is 2.20. The molecule has 56 heavy (non-hydrogen) atoms. The molecule has 0 aliphatic rings. The molecule has 13 nitrogen and oxygen atoms in total. The molecule has 0 radical (unpaired) electrons. The number of rotatable bonds is 10. The molecule has 0 aliphatic heterocycles. The third kappa shape index (κ3) is 9.70. The van der Waals surface area contributed by atoms with E-state index in [2.05, 4.69) is 54.9 Å². The number of nitrogens with two attached hydrogens (primary N) is 1. The van der Waals surface area contributed by atoms with Crippen molar-refractivity contribution in [2.24, 2.45) is 0 Å². The lowest BCUT2D eigenvalue weighted by Gasteiger charge is -2.10. The number of carbonyl (C=O) groups is 2. The number of carbonyl (C=O) groups excluding carboxylic acids is 2. The number of aryl methyl sites for hydroxylation is 2. The van der Waals surface area contributed by atoms with Gasteiger partial charge in [-0.3, -0.25) is 10.2 Å². The zero-order chi connectivity index (χ0) is 40.8. The van der Waals surface area contributed by atoms with E-state index in [1.165, 1.54) is 0 Å². The van der Waals surface area contributed by atoms with Crippen LogP contribution in [0.1, 0.15) is 38.8 Å². The number of hydrogen-bond acceptors (Lipinski definition) is 10. The molecule has 0 aliphatic carbocycles. The quantitative estimate of drug-likeness (QED) is 0.0589. The van der Waals surface area contributed by atoms with Gasteiger partial charge in [-0.1, -0.05) is 24.3 Å². The van der Waals surface area contributed by atoms with Crippen LogP contribution in [0.4, 0.5) is 21.0 Å². The van der Waals surface area contributed by atoms with Crippen molar-refractivity contribution in [3.63, 3.8) is 0 Å². The molecule has 0 spiro atoms. The fourth-order valence-corrected chi connectivity index (χ4v) is 6.18. The highest BCUT2D eigenvalue weighted by atomic mass is 35.5. The number of ether oxygens (including phenoxy) is 3. The molecule has 0 saturated carbocycles. The third-order valence-corrected chi connectivity index (χ3v) is 8.57. The summed E-state index contributed by atoms with van der Waals surface area (Å²) in [5, 5.41) is 23.9. The second-order valence-electron chi connectivity index (χ2n) is 11.7. The number of nitrogens with one attached hydrogen (secondary N) is 1. The molecule has 0 fully saturated rings. The predicted octanol–water partition coefficient (Wildman–Crippen LogP) is 9.88. The van der Waals surface area contributed by atoms with E-state index >= 15 is 0 Å². The lowest BCUT2D eigenvalue weighted by Crippen LogP contribution is -2.13. The van der Waals surface area contributed by atoms with Gasteiger partial charge < -0.3 is 29.1 Å². The fraction of sp³-hybridized carbons (Fsp3) is 0.238. The Morgan fingerprint density at radius 1 is 0.714 bits per heavy atom. The molecule has 2 heterocycles. The lowest BCUT2D eigenvalue weighted by molar-refractivity contribution is -0.226. The van der Waals surface area contributed by atoms with Gasteiger partial charge in [-0.15, -0.1) is 0 Å². The molecular weight excluding hydrogens is 736 g/mol. The summed E-state index contributed by atoms with van der Waals surface area (Å²) < 4.78 is 19.8. The summed E-state index contributed by atoms with van der Waals surface area (Å²) in [7, 11) is 3.27. The van der Waals surface area contributed by atoms with Gasteiger partial charge in [0.1, 0.15) is 23.6 Å². The molecule has 1 amide bonds. The van der Waals surface area contributed by atoms with Crippen LogP contribution in [-0.2, 0) is 27.6 Å². The maximum atomic E-state index is 11.6. The molecular formula is C42H43ClN6O7. The Labute approximate surface area is 330 Å². The first-order chi connectivity index (χ1) is 27.1. The summed E-state index contributed by atoms with van der Waals surface area (Å²) in [4.78, 5) is 29.1. The number of hydrogen-bond donors (Lipinski definition) is 2. The Balaban J connectivity index is 0.000000216. The zero-order valence-electron chi connectivity index (χ0n) is 32.0. The number of fused-ring (bicyclic) bond motifs is 2. The van der Waals surface area contributed by atoms with Gasteiger partial charge in [0.2, 0.25) is 0 Å². The van der Waals surface area contributed by atoms with Crippen LogP contribution in [0, 0.1) is 22.7 Å². The van der Waals surface area contributed by atoms with Crippen molar-refractivity contribution >= 4 is 56.3 Å². The number of nitriles is 2. The van der Waals surface area contributed by atoms with Crippen LogP contribution in [-0.4, -0.2) is 48.1 Å². The Hall–Kier alpha value is -6.67. The van der Waals surface area contributed by atoms with Crippen molar-refractivity contribution in [2.45, 2.75) is 40.8 Å². The standard InChI is InChI=1S/C21H21N3O3.C18H17N3O.C3H5ClO3/c1-4-24-19-12-16(26-3)10-11-17(19)18(13-22)20(24)14-6-8-15(9-7-14)23-21(25)27-5-2;1-3-21-17-10-14(22-2)8-9-15(17)16(11-19)18(21)12-4-6-13(20)7-5-12;1-2-6-7-3(4)5/h6-12H,4-5H2,1-3H3,(H,23,25);4-10H,3,20H2,1-2H3;2H2,1H3. The van der Waals surface area contributed by atoms with E-state index in [-0.39, 0.29) is 0 Å². The highest BCUT2D eigenvalue weighted by Crippen LogP contribution is 2.37. The first-order valence-electron chi connectivity index (χ1n) is 17.7. The molecule has 0 atom stereocenters. The smallest absolute Gasteiger partial charge is 0.435 e. The summed E-state index contributed by atoms with van der Waals surface area (Å²) >= 11 is 4.67. The van der Waals surface area contributed by atoms with Crippen LogP contribution in [0.5, 0.6) is 11.5 Å². The van der Waals surface area contributed by atoms with Crippen molar-refractivity contribution in [3.05, 3.63) is 96.1 Å². The number of amides is 1. The Morgan fingerprint density at radius 2 is 1.18 bits per heavy atom. The molecule has 6 rings (SSSR count). The van der Waals surface area contributed by atoms with Gasteiger partial charge in [-0.05, 0) is 87.4 Å². The summed E-state index contributed by atoms with van der Waals surface area (Å²) in [6.07, 6.45) is -0.488. The topological polar surface area (TPSA) is 176 Å². The largest absolute Gasteiger partial charge is 0.497 e. The normalized spacial score (nSPS) is 10.2. The third-order valence-electron chi connectivity index (χ3n) is 8.51. The second kappa shape index (κ2) is 20.1. The maximum Gasteiger partial charge on any atom is 0.435 e. The van der Waals surface area contributed by atoms with Gasteiger partial charge in [0, 0.05) is 59.0 Å². The maximum absolute atomic E-state index is 11.6. The molecule has 3 N–H and O–H groups in total. The van der Waals surface area contributed by atoms with E-state index in [0.29, 0.717) is 42.3 Å². The van der Waals surface area contributed by atoms with Gasteiger partial charge in [0.05, 0.1) is 61.0 Å². The number of methoxy groups -OCH3 is 2. The van der Waals surface area contributed by atoms with Crippen molar-refractivity contribution in [3.8, 4) is 46.2 Å². The number of nitrogen functional groups attached to an aromatic ring is 1. The fourth-order valence-electron chi connectivity index (χ4n) is 6.14. The van der Waals surface area contributed by atoms with E-state index in [1.807, 2.05) is 79.7 Å². The SMILES string of the molecule is CCOC(=O)Nc1ccc(-c2c(C#N)c3ccc(OC)cc3n2CC)cc1.CCOOC(=O)Cl.CCn1c(-c2ccc(N)cc2)c(C#N)c2ccc(OC)cc21. The number of aromatic nitrogens is 2. The Bertz CT molecular complexity index is 2370. The van der Waals surface area contributed by atoms with Crippen molar-refractivity contribution in [1.29, 1.82) is 10.5 Å². The van der Waals surface area contributed by atoms with Crippen LogP contribution >= 0.6 is 11.6 Å². The van der Waals surface area contributed by atoms with Crippen LogP contribution in [0.3, 0.4) is 0 Å². The molecule has 14 heteroatoms. The van der Waals surface area contributed by atoms with E-state index in [9.17, 15) is 20.1 Å². The molecule has 4 aromatic carbocycles. The average molecular weight is 779 g/mol. The van der Waals surface area contributed by atoms with Gasteiger partial charge >= 0.3 is 11.5 Å². The number of benzene rings is 4. The van der Waals surface area contributed by atoms with Gasteiger partial charge in [-0.25, -0.2) is 9.59 Å². The van der Waals surface area contributed by atoms with Crippen molar-refractivity contribution < 1.29 is 33.6 Å². The molecule has 290 valence electrons. The molecule has 2 aromatic heterocycles. The molecule has 0 unspecified atom stereocenters. The van der Waals surface area contributed by atoms with E-state index < -0.39 is 11.5 Å². The molecule has 6 aromatic rings. The number of nitrogens with zero attached hydrogens (tertiary/aromatic N) is 4. The zero-order valence-corrected chi connectivity index (χ0v) is 32.8. The number of halogens is 1. The van der Waals surface area contributed by atoms with E-state index in [0.717, 1.165) is 62.4 Å². The Kier molecular flexibility index (Phi) is 15.1. The number of anilines is 2. The van der Waals surface area contributed by atoms with E-state index in [1.54, 1.807) is 40.2 Å². The van der Waals surface area contributed by atoms with Crippen LogP contribution in [0.25, 0.3) is 44.3 Å². The van der Waals surface area contributed by atoms with Gasteiger partial charge in [0.25, 0.3) is 0 Å². The predicted molar refractivity (Wildman–Crippen MR) is 218 cm³/mol. The van der Waals surface area contributed by atoms with Crippen LogP contribution in [0.2, 0.25) is 0 Å². The average Bonchev–Trinajstić information content (AvgIpc) is 3.71. The summed E-state index contributed by atoms with van der Waals surface area (Å²) in [6, 6.07) is 31.2. The summed E-state index contributed by atoms with van der Waals surface area (Å²) in [5.74, 6) is 1.53. The minimum absolute atomic E-state index is 0.315. The van der Waals surface area contributed by atoms with Gasteiger partial charge in [-0.2, -0.15) is 15.4 Å². The first-order valence-corrected chi connectivity index (χ1v) is 18.1. The summed E-state index contributed by atoms with van der Waals surface area (Å²) in [5.41, 5.74) is 13.1. The highest BCUT2D eigenvalue weighted by molar-refractivity contribution is 6.61. The lowest BCUT2D eigenvalue weighted by atomic mass is 10.1. The van der Waals surface area contributed by atoms with Gasteiger partial charge in [0.15, 0.2) is 0 Å². The minimum atomic E-state index is -0.943. The second-order valence-corrected chi connectivity index (χ2v) is 12.0. The monoisotopic (exact) mass is 778 g/mol. The molecule has 0 bridgehead atoms. The van der Waals surface area contributed by atoms with Crippen molar-refractivity contribution in [2.75, 3.05) is 38.5 Å². The van der Waals surface area contributed by atoms with Crippen molar-refractivity contribution in [1.82, 2.24) is 9.13 Å². The summed E-state index contributed by atoms with van der Waals surface area (Å²) in [6.45, 7) is 9.66. The van der Waals surface area contributed by atoms with Crippen LogP contribution < -0.4 is 20.5 Å². The minimum Gasteiger partial charge on any atom is -0.497 e. The Morgan fingerprint density at radius 3 is 1.54 bits per heavy atom. The molecule has 0 saturated heterocycles. The van der Waals surface area contributed by atoms with Crippen LogP contribution in [0.15, 0.2) is 84.9 Å².